The summed E-state index contributed by atoms with van der Waals surface area (Å²) >= 11 is 0. The van der Waals surface area contributed by atoms with Crippen LogP contribution in [-0.2, 0) is 0 Å². The molecule has 1 aliphatic rings. The summed E-state index contributed by atoms with van der Waals surface area (Å²) in [5.74, 6) is -0.258. The molecule has 0 unspecified atom stereocenters. The van der Waals surface area contributed by atoms with Gasteiger partial charge in [-0.05, 0) is 7.05 Å². The molecule has 0 bridgehead atoms. The van der Waals surface area contributed by atoms with E-state index in [-0.39, 0.29) is 5.75 Å². The molecule has 0 saturated carbocycles. The van der Waals surface area contributed by atoms with E-state index in [0.29, 0.717) is 5.82 Å². The molecule has 0 aliphatic carbocycles. The Hall–Kier alpha value is -1.36. The van der Waals surface area contributed by atoms with Gasteiger partial charge < -0.3 is 14.9 Å². The number of aromatic hydroxyl groups is 1. The van der Waals surface area contributed by atoms with E-state index in [0.717, 1.165) is 32.2 Å². The fraction of sp³-hybridized carbons (Fsp3) is 0.500. The first-order chi connectivity index (χ1) is 7.16. The van der Waals surface area contributed by atoms with E-state index in [9.17, 15) is 4.39 Å². The van der Waals surface area contributed by atoms with E-state index >= 15 is 0 Å². The predicted octanol–water partition coefficient (Wildman–Crippen LogP) is 0.678. The molecule has 0 spiro atoms. The molecule has 1 fully saturated rings. The van der Waals surface area contributed by atoms with Gasteiger partial charge in [-0.3, -0.25) is 0 Å². The molecule has 82 valence electrons. The second-order valence-electron chi connectivity index (χ2n) is 3.79. The molecule has 15 heavy (non-hydrogen) atoms. The summed E-state index contributed by atoms with van der Waals surface area (Å²) in [6, 6.07) is 1.10. The fourth-order valence-electron chi connectivity index (χ4n) is 1.67. The summed E-state index contributed by atoms with van der Waals surface area (Å²) in [6.07, 6.45) is 1.27. The number of hydrogen-bond acceptors (Lipinski definition) is 4. The van der Waals surface area contributed by atoms with Gasteiger partial charge in [0, 0.05) is 32.2 Å². The SMILES string of the molecule is CN1CCN(c2ncc(O)cc2F)CC1. The van der Waals surface area contributed by atoms with Crippen molar-refractivity contribution in [3.05, 3.63) is 18.1 Å². The Labute approximate surface area is 87.9 Å². The average Bonchev–Trinajstić information content (AvgIpc) is 2.20. The van der Waals surface area contributed by atoms with Crippen LogP contribution in [0.4, 0.5) is 10.2 Å². The first-order valence-electron chi connectivity index (χ1n) is 4.95. The van der Waals surface area contributed by atoms with Crippen molar-refractivity contribution in [3.63, 3.8) is 0 Å². The third-order valence-corrected chi connectivity index (χ3v) is 2.61. The van der Waals surface area contributed by atoms with E-state index in [2.05, 4.69) is 9.88 Å². The summed E-state index contributed by atoms with van der Waals surface area (Å²) in [5.41, 5.74) is 0. The average molecular weight is 211 g/mol. The second kappa shape index (κ2) is 4.02. The number of nitrogens with zero attached hydrogens (tertiary/aromatic N) is 3. The van der Waals surface area contributed by atoms with E-state index in [4.69, 9.17) is 5.11 Å². The van der Waals surface area contributed by atoms with Gasteiger partial charge >= 0.3 is 0 Å². The topological polar surface area (TPSA) is 39.6 Å². The summed E-state index contributed by atoms with van der Waals surface area (Å²) in [7, 11) is 2.04. The normalized spacial score (nSPS) is 18.1. The van der Waals surface area contributed by atoms with Crippen molar-refractivity contribution < 1.29 is 9.50 Å². The molecule has 5 heteroatoms. The molecule has 1 N–H and O–H groups in total. The van der Waals surface area contributed by atoms with Crippen LogP contribution in [0.15, 0.2) is 12.3 Å². The van der Waals surface area contributed by atoms with Gasteiger partial charge in [0.15, 0.2) is 11.6 Å². The molecule has 0 atom stereocenters. The Morgan fingerprint density at radius 2 is 2.00 bits per heavy atom. The Kier molecular flexibility index (Phi) is 2.73. The minimum atomic E-state index is -0.459. The molecule has 4 nitrogen and oxygen atoms in total. The molecule has 0 radical (unpaired) electrons. The first kappa shape index (κ1) is 10.2. The molecule has 1 aromatic heterocycles. The van der Waals surface area contributed by atoms with Crippen molar-refractivity contribution in [1.82, 2.24) is 9.88 Å². The fourth-order valence-corrected chi connectivity index (χ4v) is 1.67. The standard InChI is InChI=1S/C10H14FN3O/c1-13-2-4-14(5-3-13)10-9(11)6-8(15)7-12-10/h6-7,15H,2-5H2,1H3. The highest BCUT2D eigenvalue weighted by Gasteiger charge is 2.18. The van der Waals surface area contributed by atoms with Crippen LogP contribution in [0, 0.1) is 5.82 Å². The van der Waals surface area contributed by atoms with Gasteiger partial charge in [-0.25, -0.2) is 9.37 Å². The third-order valence-electron chi connectivity index (χ3n) is 2.61. The van der Waals surface area contributed by atoms with E-state index in [1.165, 1.54) is 6.20 Å². The summed E-state index contributed by atoms with van der Waals surface area (Å²) in [6.45, 7) is 3.35. The number of rotatable bonds is 1. The molecule has 2 rings (SSSR count). The lowest BCUT2D eigenvalue weighted by Crippen LogP contribution is -2.45. The van der Waals surface area contributed by atoms with Gasteiger partial charge in [-0.2, -0.15) is 0 Å². The molecule has 1 aromatic rings. The van der Waals surface area contributed by atoms with Crippen LogP contribution in [0.1, 0.15) is 0 Å². The van der Waals surface area contributed by atoms with Crippen LogP contribution in [0.2, 0.25) is 0 Å². The van der Waals surface area contributed by atoms with E-state index < -0.39 is 5.82 Å². The lowest BCUT2D eigenvalue weighted by Gasteiger charge is -2.33. The highest BCUT2D eigenvalue weighted by atomic mass is 19.1. The Morgan fingerprint density at radius 3 is 2.60 bits per heavy atom. The minimum Gasteiger partial charge on any atom is -0.506 e. The van der Waals surface area contributed by atoms with Crippen LogP contribution in [0.3, 0.4) is 0 Å². The van der Waals surface area contributed by atoms with Gasteiger partial charge in [0.2, 0.25) is 0 Å². The van der Waals surface area contributed by atoms with Crippen LogP contribution < -0.4 is 4.90 Å². The molecule has 1 aliphatic heterocycles. The number of likely N-dealkylation sites (N-methyl/N-ethyl adjacent to an activating group) is 1. The van der Waals surface area contributed by atoms with E-state index in [1.54, 1.807) is 0 Å². The molecular formula is C10H14FN3O. The smallest absolute Gasteiger partial charge is 0.169 e. The van der Waals surface area contributed by atoms with Crippen molar-refractivity contribution in [1.29, 1.82) is 0 Å². The quantitative estimate of drug-likeness (QED) is 0.741. The van der Waals surface area contributed by atoms with E-state index in [1.807, 2.05) is 11.9 Å². The minimum absolute atomic E-state index is 0.134. The maximum absolute atomic E-state index is 13.5. The van der Waals surface area contributed by atoms with Gasteiger partial charge in [-0.15, -0.1) is 0 Å². The number of hydrogen-bond donors (Lipinski definition) is 1. The van der Waals surface area contributed by atoms with Gasteiger partial charge in [0.1, 0.15) is 5.75 Å². The molecule has 1 saturated heterocycles. The zero-order chi connectivity index (χ0) is 10.8. The van der Waals surface area contributed by atoms with Gasteiger partial charge in [-0.1, -0.05) is 0 Å². The lowest BCUT2D eigenvalue weighted by molar-refractivity contribution is 0.310. The van der Waals surface area contributed by atoms with Crippen LogP contribution in [0.25, 0.3) is 0 Å². The highest BCUT2D eigenvalue weighted by molar-refractivity contribution is 5.42. The Bertz CT molecular complexity index is 351. The number of piperazine rings is 1. The summed E-state index contributed by atoms with van der Waals surface area (Å²) < 4.78 is 13.5. The van der Waals surface area contributed by atoms with Gasteiger partial charge in [0.25, 0.3) is 0 Å². The highest BCUT2D eigenvalue weighted by Crippen LogP contribution is 2.20. The zero-order valence-electron chi connectivity index (χ0n) is 8.65. The molecule has 0 aromatic carbocycles. The summed E-state index contributed by atoms with van der Waals surface area (Å²) in [5, 5.41) is 9.05. The first-order valence-corrected chi connectivity index (χ1v) is 4.95. The number of aromatic nitrogens is 1. The van der Waals surface area contributed by atoms with Crippen LogP contribution >= 0.6 is 0 Å². The van der Waals surface area contributed by atoms with Crippen LogP contribution in [-0.4, -0.2) is 48.2 Å². The van der Waals surface area contributed by atoms with Crippen molar-refractivity contribution >= 4 is 5.82 Å². The number of anilines is 1. The Balaban J connectivity index is 2.15. The predicted molar refractivity (Wildman–Crippen MR) is 55.6 cm³/mol. The Morgan fingerprint density at radius 1 is 1.33 bits per heavy atom. The van der Waals surface area contributed by atoms with Gasteiger partial charge in [0.05, 0.1) is 6.20 Å². The maximum atomic E-state index is 13.5. The zero-order valence-corrected chi connectivity index (χ0v) is 8.65. The van der Waals surface area contributed by atoms with Crippen molar-refractivity contribution in [2.24, 2.45) is 0 Å². The molecule has 2 heterocycles. The monoisotopic (exact) mass is 211 g/mol. The third kappa shape index (κ3) is 2.18. The van der Waals surface area contributed by atoms with Crippen LogP contribution in [0.5, 0.6) is 5.75 Å². The number of halogens is 1. The van der Waals surface area contributed by atoms with Crippen molar-refractivity contribution in [3.8, 4) is 5.75 Å². The second-order valence-corrected chi connectivity index (χ2v) is 3.79. The maximum Gasteiger partial charge on any atom is 0.169 e. The lowest BCUT2D eigenvalue weighted by atomic mass is 10.3. The van der Waals surface area contributed by atoms with Crippen molar-refractivity contribution in [2.75, 3.05) is 38.1 Å². The largest absolute Gasteiger partial charge is 0.506 e. The molecule has 0 amide bonds. The summed E-state index contributed by atoms with van der Waals surface area (Å²) in [4.78, 5) is 8.00. The molecular weight excluding hydrogens is 197 g/mol. The van der Waals surface area contributed by atoms with Crippen molar-refractivity contribution in [2.45, 2.75) is 0 Å². The number of pyridine rings is 1.